The number of fused-ring (bicyclic) bond motifs is 1. The van der Waals surface area contributed by atoms with Crippen molar-refractivity contribution in [2.45, 2.75) is 13.3 Å². The highest BCUT2D eigenvalue weighted by molar-refractivity contribution is 9.10. The summed E-state index contributed by atoms with van der Waals surface area (Å²) in [4.78, 5) is 0. The predicted octanol–water partition coefficient (Wildman–Crippen LogP) is 2.99. The Labute approximate surface area is 129 Å². The molecule has 0 aliphatic heterocycles. The van der Waals surface area contributed by atoms with Gasteiger partial charge in [0.1, 0.15) is 11.6 Å². The van der Waals surface area contributed by atoms with Crippen LogP contribution in [-0.2, 0) is 6.42 Å². The zero-order valence-corrected chi connectivity index (χ0v) is 12.9. The lowest BCUT2D eigenvalue weighted by Gasteiger charge is -2.06. The molecule has 0 fully saturated rings. The Balaban J connectivity index is 1.66. The van der Waals surface area contributed by atoms with E-state index in [0.717, 1.165) is 29.3 Å². The van der Waals surface area contributed by atoms with Crippen molar-refractivity contribution in [2.75, 3.05) is 11.9 Å². The predicted molar refractivity (Wildman–Crippen MR) is 81.8 cm³/mol. The molecule has 5 nitrogen and oxygen atoms in total. The Bertz CT molecular complexity index is 786. The number of benzene rings is 1. The molecule has 0 saturated carbocycles. The van der Waals surface area contributed by atoms with Crippen molar-refractivity contribution in [2.24, 2.45) is 0 Å². The minimum Gasteiger partial charge on any atom is -0.368 e. The highest BCUT2D eigenvalue weighted by atomic mass is 79.9. The second kappa shape index (κ2) is 5.77. The van der Waals surface area contributed by atoms with Crippen molar-refractivity contribution < 1.29 is 4.39 Å². The fourth-order valence-electron chi connectivity index (χ4n) is 2.02. The van der Waals surface area contributed by atoms with Gasteiger partial charge in [0.2, 0.25) is 0 Å². The third kappa shape index (κ3) is 3.02. The van der Waals surface area contributed by atoms with Gasteiger partial charge in [-0.3, -0.25) is 0 Å². The Morgan fingerprint density at radius 3 is 2.90 bits per heavy atom. The third-order valence-electron chi connectivity index (χ3n) is 3.12. The van der Waals surface area contributed by atoms with E-state index in [0.29, 0.717) is 11.0 Å². The molecule has 0 aliphatic carbocycles. The highest BCUT2D eigenvalue weighted by Crippen LogP contribution is 2.17. The summed E-state index contributed by atoms with van der Waals surface area (Å²) in [7, 11) is 0. The number of nitrogens with zero attached hydrogens (tertiary/aromatic N) is 4. The summed E-state index contributed by atoms with van der Waals surface area (Å²) in [5.74, 6) is 1.25. The molecule has 3 aromatic rings. The minimum absolute atomic E-state index is 0.248. The van der Waals surface area contributed by atoms with Gasteiger partial charge >= 0.3 is 0 Å². The van der Waals surface area contributed by atoms with Crippen molar-refractivity contribution in [3.8, 4) is 0 Å². The van der Waals surface area contributed by atoms with Crippen LogP contribution in [-0.4, -0.2) is 26.4 Å². The fraction of sp³-hybridized carbons (Fsp3) is 0.214. The van der Waals surface area contributed by atoms with Crippen molar-refractivity contribution in [1.82, 2.24) is 19.8 Å². The molecule has 2 aromatic heterocycles. The maximum Gasteiger partial charge on any atom is 0.178 e. The first kappa shape index (κ1) is 13.9. The van der Waals surface area contributed by atoms with Gasteiger partial charge in [-0.25, -0.2) is 4.39 Å². The normalized spacial score (nSPS) is 11.0. The summed E-state index contributed by atoms with van der Waals surface area (Å²) in [6.07, 6.45) is 0.778. The van der Waals surface area contributed by atoms with E-state index < -0.39 is 0 Å². The van der Waals surface area contributed by atoms with E-state index >= 15 is 0 Å². The highest BCUT2D eigenvalue weighted by Gasteiger charge is 2.04. The molecule has 108 valence electrons. The molecule has 0 atom stereocenters. The Morgan fingerprint density at radius 1 is 1.24 bits per heavy atom. The van der Waals surface area contributed by atoms with Crippen molar-refractivity contribution in [3.05, 3.63) is 52.0 Å². The number of hydrogen-bond acceptors (Lipinski definition) is 4. The van der Waals surface area contributed by atoms with E-state index in [-0.39, 0.29) is 5.82 Å². The van der Waals surface area contributed by atoms with E-state index in [2.05, 4.69) is 36.5 Å². The van der Waals surface area contributed by atoms with Gasteiger partial charge in [-0.1, -0.05) is 6.07 Å². The van der Waals surface area contributed by atoms with E-state index in [4.69, 9.17) is 0 Å². The Kier molecular flexibility index (Phi) is 3.83. The molecule has 3 rings (SSSR count). The van der Waals surface area contributed by atoms with Crippen LogP contribution < -0.4 is 5.32 Å². The zero-order valence-electron chi connectivity index (χ0n) is 11.3. The van der Waals surface area contributed by atoms with Crippen LogP contribution in [0.1, 0.15) is 11.4 Å². The first-order valence-electron chi connectivity index (χ1n) is 6.50. The molecule has 0 saturated heterocycles. The standard InChI is InChI=1S/C14H13BrFN5/c1-9-18-19-14-5-4-13(20-21(9)14)17-7-6-10-2-3-12(16)11(15)8-10/h2-5,8H,6-7H2,1H3,(H,17,20). The average molecular weight is 350 g/mol. The summed E-state index contributed by atoms with van der Waals surface area (Å²) in [5, 5.41) is 15.6. The first-order chi connectivity index (χ1) is 10.1. The third-order valence-corrected chi connectivity index (χ3v) is 3.73. The smallest absolute Gasteiger partial charge is 0.178 e. The van der Waals surface area contributed by atoms with Gasteiger partial charge in [-0.05, 0) is 59.1 Å². The maximum absolute atomic E-state index is 13.2. The lowest BCUT2D eigenvalue weighted by Crippen LogP contribution is -2.08. The molecule has 0 bridgehead atoms. The molecule has 1 N–H and O–H groups in total. The number of halogens is 2. The SMILES string of the molecule is Cc1nnc2ccc(NCCc3ccc(F)c(Br)c3)nn12. The number of anilines is 1. The van der Waals surface area contributed by atoms with Gasteiger partial charge < -0.3 is 5.32 Å². The lowest BCUT2D eigenvalue weighted by molar-refractivity contribution is 0.620. The molecule has 0 amide bonds. The second-order valence-corrected chi connectivity index (χ2v) is 5.52. The van der Waals surface area contributed by atoms with E-state index in [1.807, 2.05) is 19.1 Å². The van der Waals surface area contributed by atoms with Gasteiger partial charge in [0.25, 0.3) is 0 Å². The van der Waals surface area contributed by atoms with Gasteiger partial charge in [0, 0.05) is 6.54 Å². The summed E-state index contributed by atoms with van der Waals surface area (Å²) in [5.41, 5.74) is 1.78. The van der Waals surface area contributed by atoms with Gasteiger partial charge in [0.05, 0.1) is 4.47 Å². The average Bonchev–Trinajstić information content (AvgIpc) is 2.84. The first-order valence-corrected chi connectivity index (χ1v) is 7.29. The molecule has 0 spiro atoms. The van der Waals surface area contributed by atoms with Gasteiger partial charge in [-0.15, -0.1) is 15.3 Å². The molecule has 2 heterocycles. The second-order valence-electron chi connectivity index (χ2n) is 4.66. The topological polar surface area (TPSA) is 55.1 Å². The zero-order chi connectivity index (χ0) is 14.8. The van der Waals surface area contributed by atoms with Crippen LogP contribution in [0.3, 0.4) is 0 Å². The summed E-state index contributed by atoms with van der Waals surface area (Å²) < 4.78 is 15.3. The van der Waals surface area contributed by atoms with Crippen LogP contribution in [0.4, 0.5) is 10.2 Å². The van der Waals surface area contributed by atoms with Crippen molar-refractivity contribution >= 4 is 27.4 Å². The van der Waals surface area contributed by atoms with E-state index in [9.17, 15) is 4.39 Å². The Hall–Kier alpha value is -2.02. The molecule has 0 aliphatic rings. The summed E-state index contributed by atoms with van der Waals surface area (Å²) in [6, 6.07) is 8.76. The van der Waals surface area contributed by atoms with Crippen LogP contribution in [0.5, 0.6) is 0 Å². The maximum atomic E-state index is 13.2. The molecule has 7 heteroatoms. The van der Waals surface area contributed by atoms with Gasteiger partial charge in [-0.2, -0.15) is 4.52 Å². The van der Waals surface area contributed by atoms with E-state index in [1.165, 1.54) is 6.07 Å². The Morgan fingerprint density at radius 2 is 2.10 bits per heavy atom. The molecule has 0 unspecified atom stereocenters. The van der Waals surface area contributed by atoms with Gasteiger partial charge in [0.15, 0.2) is 11.5 Å². The summed E-state index contributed by atoms with van der Waals surface area (Å²) >= 11 is 3.19. The number of hydrogen-bond donors (Lipinski definition) is 1. The van der Waals surface area contributed by atoms with Crippen LogP contribution >= 0.6 is 15.9 Å². The minimum atomic E-state index is -0.248. The largest absolute Gasteiger partial charge is 0.368 e. The molecular weight excluding hydrogens is 337 g/mol. The number of rotatable bonds is 4. The number of nitrogens with one attached hydrogen (secondary N) is 1. The fourth-order valence-corrected chi connectivity index (χ4v) is 2.45. The molecule has 1 aromatic carbocycles. The number of aryl methyl sites for hydroxylation is 1. The summed E-state index contributed by atoms with van der Waals surface area (Å²) in [6.45, 7) is 2.56. The van der Waals surface area contributed by atoms with E-state index in [1.54, 1.807) is 16.6 Å². The molecule has 0 radical (unpaired) electrons. The van der Waals surface area contributed by atoms with Crippen LogP contribution in [0, 0.1) is 12.7 Å². The van der Waals surface area contributed by atoms with Crippen LogP contribution in [0.15, 0.2) is 34.8 Å². The van der Waals surface area contributed by atoms with Crippen molar-refractivity contribution in [3.63, 3.8) is 0 Å². The molecule has 21 heavy (non-hydrogen) atoms. The van der Waals surface area contributed by atoms with Crippen LogP contribution in [0.25, 0.3) is 5.65 Å². The monoisotopic (exact) mass is 349 g/mol. The molecular formula is C14H13BrFN5. The van der Waals surface area contributed by atoms with Crippen LogP contribution in [0.2, 0.25) is 0 Å². The lowest BCUT2D eigenvalue weighted by atomic mass is 10.1. The quantitative estimate of drug-likeness (QED) is 0.786. The number of aromatic nitrogens is 4. The van der Waals surface area contributed by atoms with Crippen molar-refractivity contribution in [1.29, 1.82) is 0 Å².